The standard InChI is InChI=1S/C13H23N3/c1-2-14-9-13-10-15-11-16(13)12-7-5-3-4-6-8-12/h10-12,14H,2-9H2,1H3. The van der Waals surface area contributed by atoms with Crippen molar-refractivity contribution in [2.75, 3.05) is 6.54 Å². The Morgan fingerprint density at radius 2 is 2.06 bits per heavy atom. The second-order valence-electron chi connectivity index (χ2n) is 4.72. The van der Waals surface area contributed by atoms with Crippen LogP contribution >= 0.6 is 0 Å². The minimum absolute atomic E-state index is 0.693. The van der Waals surface area contributed by atoms with Gasteiger partial charge in [-0.15, -0.1) is 0 Å². The quantitative estimate of drug-likeness (QED) is 0.792. The average molecular weight is 221 g/mol. The van der Waals surface area contributed by atoms with Gasteiger partial charge < -0.3 is 9.88 Å². The monoisotopic (exact) mass is 221 g/mol. The number of nitrogens with one attached hydrogen (secondary N) is 1. The predicted molar refractivity (Wildman–Crippen MR) is 66.3 cm³/mol. The second kappa shape index (κ2) is 6.04. The van der Waals surface area contributed by atoms with Crippen molar-refractivity contribution in [1.82, 2.24) is 14.9 Å². The summed E-state index contributed by atoms with van der Waals surface area (Å²) in [5, 5.41) is 3.38. The molecule has 0 unspecified atom stereocenters. The lowest BCUT2D eigenvalue weighted by Gasteiger charge is -2.19. The van der Waals surface area contributed by atoms with E-state index >= 15 is 0 Å². The Morgan fingerprint density at radius 3 is 2.75 bits per heavy atom. The van der Waals surface area contributed by atoms with Crippen LogP contribution < -0.4 is 5.32 Å². The van der Waals surface area contributed by atoms with Crippen molar-refractivity contribution >= 4 is 0 Å². The highest BCUT2D eigenvalue weighted by atomic mass is 15.1. The number of nitrogens with zero attached hydrogens (tertiary/aromatic N) is 2. The molecule has 0 atom stereocenters. The molecule has 2 rings (SSSR count). The van der Waals surface area contributed by atoms with Crippen molar-refractivity contribution in [2.24, 2.45) is 0 Å². The van der Waals surface area contributed by atoms with E-state index in [1.807, 2.05) is 12.5 Å². The van der Waals surface area contributed by atoms with Crippen LogP contribution in [0, 0.1) is 0 Å². The summed E-state index contributed by atoms with van der Waals surface area (Å²) in [7, 11) is 0. The van der Waals surface area contributed by atoms with Crippen molar-refractivity contribution in [1.29, 1.82) is 0 Å². The minimum atomic E-state index is 0.693. The molecule has 0 bridgehead atoms. The summed E-state index contributed by atoms with van der Waals surface area (Å²) in [6, 6.07) is 0.693. The first-order valence-corrected chi connectivity index (χ1v) is 6.63. The van der Waals surface area contributed by atoms with E-state index in [9.17, 15) is 0 Å². The number of hydrogen-bond donors (Lipinski definition) is 1. The molecule has 0 saturated heterocycles. The SMILES string of the molecule is CCNCc1cncn1C1CCCCCC1. The molecule has 0 radical (unpaired) electrons. The average Bonchev–Trinajstić information content (AvgIpc) is 2.60. The minimum Gasteiger partial charge on any atom is -0.330 e. The molecule has 1 heterocycles. The molecular weight excluding hydrogens is 198 g/mol. The van der Waals surface area contributed by atoms with Gasteiger partial charge in [0.2, 0.25) is 0 Å². The normalized spacial score (nSPS) is 18.6. The number of hydrogen-bond acceptors (Lipinski definition) is 2. The first kappa shape index (κ1) is 11.6. The van der Waals surface area contributed by atoms with Gasteiger partial charge in [0.05, 0.1) is 12.0 Å². The van der Waals surface area contributed by atoms with Gasteiger partial charge in [0.1, 0.15) is 0 Å². The molecule has 1 aliphatic carbocycles. The molecule has 1 fully saturated rings. The van der Waals surface area contributed by atoms with Crippen molar-refractivity contribution < 1.29 is 0 Å². The Morgan fingerprint density at radius 1 is 1.31 bits per heavy atom. The fourth-order valence-corrected chi connectivity index (χ4v) is 2.59. The maximum absolute atomic E-state index is 4.30. The van der Waals surface area contributed by atoms with Gasteiger partial charge in [0.25, 0.3) is 0 Å². The van der Waals surface area contributed by atoms with E-state index in [4.69, 9.17) is 0 Å². The Hall–Kier alpha value is -0.830. The van der Waals surface area contributed by atoms with Crippen LogP contribution in [0.1, 0.15) is 57.2 Å². The van der Waals surface area contributed by atoms with E-state index in [2.05, 4.69) is 21.8 Å². The van der Waals surface area contributed by atoms with Crippen LogP contribution in [0.3, 0.4) is 0 Å². The van der Waals surface area contributed by atoms with E-state index in [1.165, 1.54) is 44.2 Å². The van der Waals surface area contributed by atoms with Gasteiger partial charge in [0.15, 0.2) is 0 Å². The van der Waals surface area contributed by atoms with Gasteiger partial charge in [-0.05, 0) is 19.4 Å². The molecule has 1 aromatic rings. The van der Waals surface area contributed by atoms with Crippen molar-refractivity contribution in [3.05, 3.63) is 18.2 Å². The molecule has 3 nitrogen and oxygen atoms in total. The zero-order chi connectivity index (χ0) is 11.2. The number of aromatic nitrogens is 2. The molecular formula is C13H23N3. The molecule has 0 amide bonds. The van der Waals surface area contributed by atoms with Gasteiger partial charge in [-0.2, -0.15) is 0 Å². The highest BCUT2D eigenvalue weighted by molar-refractivity contribution is 5.00. The zero-order valence-electron chi connectivity index (χ0n) is 10.3. The van der Waals surface area contributed by atoms with Crippen LogP contribution in [0.15, 0.2) is 12.5 Å². The highest BCUT2D eigenvalue weighted by Crippen LogP contribution is 2.27. The van der Waals surface area contributed by atoms with Gasteiger partial charge in [-0.1, -0.05) is 32.6 Å². The summed E-state index contributed by atoms with van der Waals surface area (Å²) in [5.74, 6) is 0. The Kier molecular flexibility index (Phi) is 4.40. The molecule has 0 aromatic carbocycles. The Labute approximate surface area is 98.3 Å². The summed E-state index contributed by atoms with van der Waals surface area (Å²) in [4.78, 5) is 4.30. The largest absolute Gasteiger partial charge is 0.330 e. The van der Waals surface area contributed by atoms with Crippen molar-refractivity contribution in [3.63, 3.8) is 0 Å². The van der Waals surface area contributed by atoms with E-state index < -0.39 is 0 Å². The van der Waals surface area contributed by atoms with Gasteiger partial charge in [-0.3, -0.25) is 0 Å². The Balaban J connectivity index is 2.03. The summed E-state index contributed by atoms with van der Waals surface area (Å²) in [6.07, 6.45) is 12.3. The number of imidazole rings is 1. The molecule has 1 aliphatic rings. The summed E-state index contributed by atoms with van der Waals surface area (Å²) >= 11 is 0. The first-order valence-electron chi connectivity index (χ1n) is 6.63. The molecule has 1 aromatic heterocycles. The Bertz CT molecular complexity index is 298. The summed E-state index contributed by atoms with van der Waals surface area (Å²) < 4.78 is 2.40. The van der Waals surface area contributed by atoms with Crippen molar-refractivity contribution in [2.45, 2.75) is 58.0 Å². The predicted octanol–water partition coefficient (Wildman–Crippen LogP) is 2.89. The smallest absolute Gasteiger partial charge is 0.0951 e. The van der Waals surface area contributed by atoms with Crippen molar-refractivity contribution in [3.8, 4) is 0 Å². The fourth-order valence-electron chi connectivity index (χ4n) is 2.59. The van der Waals surface area contributed by atoms with Crippen LogP contribution in [0.2, 0.25) is 0 Å². The van der Waals surface area contributed by atoms with Gasteiger partial charge >= 0.3 is 0 Å². The van der Waals surface area contributed by atoms with E-state index in [0.29, 0.717) is 6.04 Å². The lowest BCUT2D eigenvalue weighted by molar-refractivity contribution is 0.427. The second-order valence-corrected chi connectivity index (χ2v) is 4.72. The molecule has 1 N–H and O–H groups in total. The molecule has 0 spiro atoms. The topological polar surface area (TPSA) is 29.9 Å². The first-order chi connectivity index (χ1) is 7.92. The maximum atomic E-state index is 4.30. The molecule has 90 valence electrons. The fraction of sp³-hybridized carbons (Fsp3) is 0.769. The van der Waals surface area contributed by atoms with Crippen LogP contribution in [0.25, 0.3) is 0 Å². The lowest BCUT2D eigenvalue weighted by Crippen LogP contribution is -2.17. The molecule has 1 saturated carbocycles. The summed E-state index contributed by atoms with van der Waals surface area (Å²) in [6.45, 7) is 4.12. The molecule has 0 aliphatic heterocycles. The van der Waals surface area contributed by atoms with E-state index in [1.54, 1.807) is 0 Å². The van der Waals surface area contributed by atoms with Gasteiger partial charge in [0, 0.05) is 18.8 Å². The number of rotatable bonds is 4. The van der Waals surface area contributed by atoms with Crippen LogP contribution in [0.4, 0.5) is 0 Å². The van der Waals surface area contributed by atoms with Gasteiger partial charge in [-0.25, -0.2) is 4.98 Å². The van der Waals surface area contributed by atoms with Crippen LogP contribution in [-0.4, -0.2) is 16.1 Å². The third-order valence-electron chi connectivity index (χ3n) is 3.52. The third-order valence-corrected chi connectivity index (χ3v) is 3.52. The lowest BCUT2D eigenvalue weighted by atomic mass is 10.1. The third kappa shape index (κ3) is 2.85. The van der Waals surface area contributed by atoms with E-state index in [-0.39, 0.29) is 0 Å². The maximum Gasteiger partial charge on any atom is 0.0951 e. The molecule has 3 heteroatoms. The van der Waals surface area contributed by atoms with Crippen LogP contribution in [0.5, 0.6) is 0 Å². The zero-order valence-corrected chi connectivity index (χ0v) is 10.3. The summed E-state index contributed by atoms with van der Waals surface area (Å²) in [5.41, 5.74) is 1.34. The molecule has 16 heavy (non-hydrogen) atoms. The highest BCUT2D eigenvalue weighted by Gasteiger charge is 2.15. The van der Waals surface area contributed by atoms with E-state index in [0.717, 1.165) is 13.1 Å². The van der Waals surface area contributed by atoms with Crippen LogP contribution in [-0.2, 0) is 6.54 Å².